The normalized spacial score (nSPS) is 10.1. The molecule has 1 aromatic heterocycles. The Morgan fingerprint density at radius 2 is 1.72 bits per heavy atom. The minimum absolute atomic E-state index is 0.295. The van der Waals surface area contributed by atoms with E-state index in [2.05, 4.69) is 11.1 Å². The molecule has 2 nitrogen and oxygen atoms in total. The van der Waals surface area contributed by atoms with Crippen molar-refractivity contribution in [3.63, 3.8) is 0 Å². The molecule has 0 N–H and O–H groups in total. The summed E-state index contributed by atoms with van der Waals surface area (Å²) in [4.78, 5) is 4.08. The van der Waals surface area contributed by atoms with Crippen LogP contribution in [0.4, 0.5) is 0 Å². The van der Waals surface area contributed by atoms with Gasteiger partial charge in [0.05, 0.1) is 22.5 Å². The molecule has 0 aliphatic heterocycles. The number of aromatic nitrogens is 1. The lowest BCUT2D eigenvalue weighted by atomic mass is 10.0. The number of hydrogen-bond donors (Lipinski definition) is 0. The summed E-state index contributed by atoms with van der Waals surface area (Å²) in [6, 6.07) is 7.17. The first-order valence-corrected chi connectivity index (χ1v) is 6.21. The Labute approximate surface area is 120 Å². The number of rotatable bonds is 2. The summed E-state index contributed by atoms with van der Waals surface area (Å²) >= 11 is 18.1. The Kier molecular flexibility index (Phi) is 4.08. The molecule has 0 radical (unpaired) electrons. The second-order valence-corrected chi connectivity index (χ2v) is 4.91. The first kappa shape index (κ1) is 13.2. The van der Waals surface area contributed by atoms with E-state index >= 15 is 0 Å². The SMILES string of the molecule is N#CCc1cncc(-c2c(Cl)cc(Cl)cc2Cl)c1. The highest BCUT2D eigenvalue weighted by Crippen LogP contribution is 2.37. The van der Waals surface area contributed by atoms with Gasteiger partial charge in [-0.2, -0.15) is 5.26 Å². The Morgan fingerprint density at radius 1 is 1.06 bits per heavy atom. The number of benzene rings is 1. The number of nitriles is 1. The van der Waals surface area contributed by atoms with E-state index in [1.165, 1.54) is 0 Å². The van der Waals surface area contributed by atoms with Crippen molar-refractivity contribution in [2.24, 2.45) is 0 Å². The maximum absolute atomic E-state index is 8.68. The van der Waals surface area contributed by atoms with Crippen LogP contribution in [0.5, 0.6) is 0 Å². The number of halogens is 3. The van der Waals surface area contributed by atoms with Crippen molar-refractivity contribution in [3.8, 4) is 17.2 Å². The van der Waals surface area contributed by atoms with Crippen LogP contribution >= 0.6 is 34.8 Å². The quantitative estimate of drug-likeness (QED) is 0.800. The van der Waals surface area contributed by atoms with Gasteiger partial charge in [-0.05, 0) is 23.8 Å². The highest BCUT2D eigenvalue weighted by atomic mass is 35.5. The second-order valence-electron chi connectivity index (χ2n) is 3.66. The van der Waals surface area contributed by atoms with Crippen molar-refractivity contribution in [1.82, 2.24) is 4.98 Å². The third-order valence-electron chi connectivity index (χ3n) is 2.37. The number of hydrogen-bond acceptors (Lipinski definition) is 2. The van der Waals surface area contributed by atoms with Crippen molar-refractivity contribution in [3.05, 3.63) is 51.2 Å². The summed E-state index contributed by atoms with van der Waals surface area (Å²) < 4.78 is 0. The monoisotopic (exact) mass is 296 g/mol. The molecule has 1 aromatic carbocycles. The zero-order chi connectivity index (χ0) is 13.1. The van der Waals surface area contributed by atoms with Crippen LogP contribution in [-0.4, -0.2) is 4.98 Å². The molecule has 0 aliphatic carbocycles. The second kappa shape index (κ2) is 5.58. The molecule has 5 heteroatoms. The van der Waals surface area contributed by atoms with Gasteiger partial charge >= 0.3 is 0 Å². The van der Waals surface area contributed by atoms with E-state index in [0.717, 1.165) is 11.1 Å². The summed E-state index contributed by atoms with van der Waals surface area (Å²) in [7, 11) is 0. The first-order chi connectivity index (χ1) is 8.61. The van der Waals surface area contributed by atoms with Gasteiger partial charge in [-0.1, -0.05) is 34.8 Å². The van der Waals surface area contributed by atoms with Gasteiger partial charge in [0.1, 0.15) is 0 Å². The van der Waals surface area contributed by atoms with E-state index in [-0.39, 0.29) is 0 Å². The van der Waals surface area contributed by atoms with Crippen molar-refractivity contribution in [1.29, 1.82) is 5.26 Å². The molecule has 90 valence electrons. The van der Waals surface area contributed by atoms with Crippen LogP contribution in [0.2, 0.25) is 15.1 Å². The van der Waals surface area contributed by atoms with Gasteiger partial charge < -0.3 is 0 Å². The fourth-order valence-electron chi connectivity index (χ4n) is 1.63. The molecular formula is C13H7Cl3N2. The largest absolute Gasteiger partial charge is 0.264 e. The molecule has 0 unspecified atom stereocenters. The average molecular weight is 298 g/mol. The van der Waals surface area contributed by atoms with Crippen LogP contribution in [0.1, 0.15) is 5.56 Å². The van der Waals surface area contributed by atoms with Crippen molar-refractivity contribution >= 4 is 34.8 Å². The highest BCUT2D eigenvalue weighted by Gasteiger charge is 2.11. The molecule has 2 rings (SSSR count). The maximum atomic E-state index is 8.68. The highest BCUT2D eigenvalue weighted by molar-refractivity contribution is 6.41. The molecule has 0 spiro atoms. The molecule has 0 amide bonds. The lowest BCUT2D eigenvalue weighted by Gasteiger charge is -2.08. The van der Waals surface area contributed by atoms with Gasteiger partial charge in [0.25, 0.3) is 0 Å². The molecule has 1 heterocycles. The minimum atomic E-state index is 0.295. The van der Waals surface area contributed by atoms with E-state index in [4.69, 9.17) is 40.1 Å². The van der Waals surface area contributed by atoms with Gasteiger partial charge in [0, 0.05) is 28.5 Å². The van der Waals surface area contributed by atoms with Crippen LogP contribution in [0.3, 0.4) is 0 Å². The van der Waals surface area contributed by atoms with E-state index in [1.54, 1.807) is 24.5 Å². The Morgan fingerprint density at radius 3 is 2.33 bits per heavy atom. The lowest BCUT2D eigenvalue weighted by Crippen LogP contribution is -1.88. The smallest absolute Gasteiger partial charge is 0.0670 e. The van der Waals surface area contributed by atoms with E-state index < -0.39 is 0 Å². The van der Waals surface area contributed by atoms with E-state index in [9.17, 15) is 0 Å². The minimum Gasteiger partial charge on any atom is -0.264 e. The van der Waals surface area contributed by atoms with Crippen molar-refractivity contribution < 1.29 is 0 Å². The zero-order valence-corrected chi connectivity index (χ0v) is 11.4. The summed E-state index contributed by atoms with van der Waals surface area (Å²) in [6.07, 6.45) is 3.59. The molecule has 0 saturated heterocycles. The third-order valence-corrected chi connectivity index (χ3v) is 3.19. The maximum Gasteiger partial charge on any atom is 0.0670 e. The Hall–Kier alpha value is -1.27. The lowest BCUT2D eigenvalue weighted by molar-refractivity contribution is 1.19. The Bertz CT molecular complexity index is 609. The van der Waals surface area contributed by atoms with Gasteiger partial charge in [-0.15, -0.1) is 0 Å². The van der Waals surface area contributed by atoms with E-state index in [0.29, 0.717) is 27.1 Å². The third kappa shape index (κ3) is 2.76. The number of pyridine rings is 1. The van der Waals surface area contributed by atoms with Crippen LogP contribution < -0.4 is 0 Å². The van der Waals surface area contributed by atoms with Crippen LogP contribution in [0.15, 0.2) is 30.6 Å². The van der Waals surface area contributed by atoms with Crippen LogP contribution in [0.25, 0.3) is 11.1 Å². The molecule has 0 fully saturated rings. The fourth-order valence-corrected chi connectivity index (χ4v) is 2.67. The summed E-state index contributed by atoms with van der Waals surface area (Å²) in [5.41, 5.74) is 2.27. The number of nitrogens with zero attached hydrogens (tertiary/aromatic N) is 2. The predicted octanol–water partition coefficient (Wildman–Crippen LogP) is 4.77. The van der Waals surface area contributed by atoms with Crippen molar-refractivity contribution in [2.75, 3.05) is 0 Å². The van der Waals surface area contributed by atoms with Crippen molar-refractivity contribution in [2.45, 2.75) is 6.42 Å². The molecule has 0 atom stereocenters. The van der Waals surface area contributed by atoms with Gasteiger partial charge in [-0.25, -0.2) is 0 Å². The van der Waals surface area contributed by atoms with Gasteiger partial charge in [-0.3, -0.25) is 4.98 Å². The van der Waals surface area contributed by atoms with Crippen LogP contribution in [-0.2, 0) is 6.42 Å². The molecule has 2 aromatic rings. The molecule has 18 heavy (non-hydrogen) atoms. The molecular weight excluding hydrogens is 291 g/mol. The van der Waals surface area contributed by atoms with Gasteiger partial charge in [0.2, 0.25) is 0 Å². The molecule has 0 bridgehead atoms. The summed E-state index contributed by atoms with van der Waals surface area (Å²) in [6.45, 7) is 0. The molecule has 0 aliphatic rings. The fraction of sp³-hybridized carbons (Fsp3) is 0.0769. The van der Waals surface area contributed by atoms with Gasteiger partial charge in [0.15, 0.2) is 0 Å². The Balaban J connectivity index is 2.56. The molecule has 0 saturated carbocycles. The average Bonchev–Trinajstić information content (AvgIpc) is 2.28. The summed E-state index contributed by atoms with van der Waals surface area (Å²) in [5, 5.41) is 10.1. The van der Waals surface area contributed by atoms with E-state index in [1.807, 2.05) is 6.07 Å². The topological polar surface area (TPSA) is 36.7 Å². The van der Waals surface area contributed by atoms with Crippen LogP contribution in [0, 0.1) is 11.3 Å². The predicted molar refractivity (Wildman–Crippen MR) is 74.0 cm³/mol. The standard InChI is InChI=1S/C13H7Cl3N2/c14-10-4-11(15)13(12(16)5-10)9-3-8(1-2-17)6-18-7-9/h3-7H,1H2. The first-order valence-electron chi connectivity index (χ1n) is 5.07. The summed E-state index contributed by atoms with van der Waals surface area (Å²) in [5.74, 6) is 0. The zero-order valence-electron chi connectivity index (χ0n) is 9.12.